The predicted molar refractivity (Wildman–Crippen MR) is 145 cm³/mol. The van der Waals surface area contributed by atoms with Crippen molar-refractivity contribution in [1.82, 2.24) is 10.6 Å². The summed E-state index contributed by atoms with van der Waals surface area (Å²) >= 11 is 6.13. The first-order valence-electron chi connectivity index (χ1n) is 12.4. The molecule has 0 aromatic heterocycles. The molecule has 3 aromatic rings. The minimum Gasteiger partial charge on any atom is -0.481 e. The number of benzene rings is 3. The molecule has 1 aliphatic rings. The van der Waals surface area contributed by atoms with Gasteiger partial charge in [-0.15, -0.1) is 0 Å². The average Bonchev–Trinajstić information content (AvgIpc) is 3.03. The third-order valence-electron chi connectivity index (χ3n) is 6.14. The second-order valence-corrected chi connectivity index (χ2v) is 10.00. The number of anilines is 1. The molecular weight excluding hydrogens is 506 g/mol. The summed E-state index contributed by atoms with van der Waals surface area (Å²) in [6.07, 6.45) is -1.92. The predicted octanol–water partition coefficient (Wildman–Crippen LogP) is 4.16. The Bertz CT molecular complexity index is 1290. The fraction of sp³-hybridized carbons (Fsp3) is 0.276. The van der Waals surface area contributed by atoms with E-state index in [4.69, 9.17) is 16.3 Å². The normalized spacial score (nSPS) is 18.3. The highest BCUT2D eigenvalue weighted by Crippen LogP contribution is 2.36. The molecule has 8 nitrogen and oxygen atoms in total. The molecule has 0 bridgehead atoms. The Hall–Kier alpha value is -3.88. The number of fused-ring (bicyclic) bond motifs is 1. The number of ether oxygens (including phenoxy) is 1. The van der Waals surface area contributed by atoms with Crippen molar-refractivity contribution < 1.29 is 24.2 Å². The Balaban J connectivity index is 1.65. The average molecular weight is 536 g/mol. The minimum atomic E-state index is -1.28. The van der Waals surface area contributed by atoms with Crippen molar-refractivity contribution in [3.8, 4) is 5.75 Å². The van der Waals surface area contributed by atoms with Gasteiger partial charge in [0.25, 0.3) is 5.91 Å². The minimum absolute atomic E-state index is 0.0772. The zero-order chi connectivity index (χ0) is 27.2. The van der Waals surface area contributed by atoms with Gasteiger partial charge in [0.05, 0.1) is 5.69 Å². The second kappa shape index (κ2) is 12.1. The van der Waals surface area contributed by atoms with E-state index >= 15 is 0 Å². The van der Waals surface area contributed by atoms with Gasteiger partial charge in [-0.2, -0.15) is 0 Å². The lowest BCUT2D eigenvalue weighted by Gasteiger charge is -2.28. The molecule has 0 fully saturated rings. The zero-order valence-corrected chi connectivity index (χ0v) is 21.8. The molecule has 198 valence electrons. The molecule has 4 rings (SSSR count). The first-order valence-corrected chi connectivity index (χ1v) is 12.8. The van der Waals surface area contributed by atoms with Crippen LogP contribution in [0.15, 0.2) is 78.9 Å². The number of aliphatic hydroxyl groups is 1. The summed E-state index contributed by atoms with van der Waals surface area (Å²) in [6.45, 7) is 3.77. The van der Waals surface area contributed by atoms with Crippen molar-refractivity contribution >= 4 is 35.0 Å². The number of aliphatic hydroxyl groups excluding tert-OH is 1. The van der Waals surface area contributed by atoms with E-state index < -0.39 is 42.0 Å². The summed E-state index contributed by atoms with van der Waals surface area (Å²) in [5.74, 6) is -1.33. The lowest BCUT2D eigenvalue weighted by Crippen LogP contribution is -2.52. The van der Waals surface area contributed by atoms with Gasteiger partial charge in [0.2, 0.25) is 11.8 Å². The number of carbonyl (C=O) groups is 3. The van der Waals surface area contributed by atoms with Gasteiger partial charge in [-0.05, 0) is 41.7 Å². The van der Waals surface area contributed by atoms with Crippen LogP contribution in [0.3, 0.4) is 0 Å². The zero-order valence-electron chi connectivity index (χ0n) is 21.1. The van der Waals surface area contributed by atoms with Crippen LogP contribution in [0.4, 0.5) is 5.69 Å². The maximum atomic E-state index is 13.7. The van der Waals surface area contributed by atoms with Crippen LogP contribution in [0, 0.1) is 5.92 Å². The first-order chi connectivity index (χ1) is 18.2. The number of halogens is 1. The van der Waals surface area contributed by atoms with Gasteiger partial charge in [0.15, 0.2) is 6.10 Å². The second-order valence-electron chi connectivity index (χ2n) is 9.56. The smallest absolute Gasteiger partial charge is 0.251 e. The van der Waals surface area contributed by atoms with E-state index in [1.165, 1.54) is 0 Å². The van der Waals surface area contributed by atoms with Crippen molar-refractivity contribution in [1.29, 1.82) is 0 Å². The van der Waals surface area contributed by atoms with E-state index in [9.17, 15) is 19.5 Å². The standard InChI is InChI=1S/C29H30ClN3O5/c1-17(2)15-22(34)27(35)32-24(18-9-5-3-6-10-18)28(36)33-25-26(19-11-7-4-8-12-19)38-23-14-13-20(30)16-21(23)31-29(25)37/h3-14,16-17,22,24-26,34H,15H2,1-2H3,(H,31,37)(H,32,35)(H,33,36)/t22-,24-,25-,26-/m0/s1. The van der Waals surface area contributed by atoms with E-state index in [1.807, 2.05) is 32.0 Å². The van der Waals surface area contributed by atoms with Crippen LogP contribution in [0.25, 0.3) is 0 Å². The SMILES string of the molecule is CC(C)C[C@H](O)C(=O)N[C@H](C(=O)N[C@@H]1C(=O)Nc2cc(Cl)ccc2O[C@H]1c1ccccc1)c1ccccc1. The van der Waals surface area contributed by atoms with Gasteiger partial charge in [0.1, 0.15) is 23.9 Å². The highest BCUT2D eigenvalue weighted by molar-refractivity contribution is 6.31. The van der Waals surface area contributed by atoms with E-state index in [0.29, 0.717) is 27.6 Å². The molecular formula is C29H30ClN3O5. The maximum absolute atomic E-state index is 13.7. The van der Waals surface area contributed by atoms with Crippen LogP contribution >= 0.6 is 11.6 Å². The number of hydrogen-bond acceptors (Lipinski definition) is 5. The topological polar surface area (TPSA) is 117 Å². The summed E-state index contributed by atoms with van der Waals surface area (Å²) < 4.78 is 6.25. The van der Waals surface area contributed by atoms with Crippen molar-refractivity contribution in [3.63, 3.8) is 0 Å². The lowest BCUT2D eigenvalue weighted by molar-refractivity contribution is -0.136. The Morgan fingerprint density at radius 3 is 2.32 bits per heavy atom. The summed E-state index contributed by atoms with van der Waals surface area (Å²) in [5, 5.41) is 19.0. The first kappa shape index (κ1) is 27.2. The Morgan fingerprint density at radius 1 is 1.00 bits per heavy atom. The molecule has 1 heterocycles. The summed E-state index contributed by atoms with van der Waals surface area (Å²) in [4.78, 5) is 39.9. The van der Waals surface area contributed by atoms with Crippen molar-refractivity contribution in [2.45, 2.75) is 44.6 Å². The van der Waals surface area contributed by atoms with E-state index in [1.54, 1.807) is 60.7 Å². The molecule has 4 atom stereocenters. The number of amides is 3. The van der Waals surface area contributed by atoms with E-state index in [2.05, 4.69) is 16.0 Å². The molecule has 9 heteroatoms. The van der Waals surface area contributed by atoms with Crippen LogP contribution in [-0.2, 0) is 14.4 Å². The van der Waals surface area contributed by atoms with Crippen molar-refractivity contribution in [3.05, 3.63) is 95.0 Å². The lowest BCUT2D eigenvalue weighted by atomic mass is 9.99. The molecule has 3 aromatic carbocycles. The van der Waals surface area contributed by atoms with E-state index in [0.717, 1.165) is 0 Å². The summed E-state index contributed by atoms with van der Waals surface area (Å²) in [7, 11) is 0. The molecule has 0 radical (unpaired) electrons. The van der Waals surface area contributed by atoms with Crippen molar-refractivity contribution in [2.75, 3.05) is 5.32 Å². The van der Waals surface area contributed by atoms with Gasteiger partial charge >= 0.3 is 0 Å². The third-order valence-corrected chi connectivity index (χ3v) is 6.38. The van der Waals surface area contributed by atoms with E-state index in [-0.39, 0.29) is 12.3 Å². The molecule has 0 unspecified atom stereocenters. The summed E-state index contributed by atoms with van der Waals surface area (Å²) in [5.41, 5.74) is 1.55. The Kier molecular flexibility index (Phi) is 8.66. The van der Waals surface area contributed by atoms with Gasteiger partial charge in [-0.1, -0.05) is 86.1 Å². The summed E-state index contributed by atoms with van der Waals surface area (Å²) in [6, 6.07) is 20.3. The molecule has 3 amide bonds. The fourth-order valence-electron chi connectivity index (χ4n) is 4.27. The quantitative estimate of drug-likeness (QED) is 0.345. The Labute approximate surface area is 226 Å². The number of rotatable bonds is 8. The fourth-order valence-corrected chi connectivity index (χ4v) is 4.45. The monoisotopic (exact) mass is 535 g/mol. The van der Waals surface area contributed by atoms with Crippen LogP contribution in [0.5, 0.6) is 5.75 Å². The number of nitrogens with one attached hydrogen (secondary N) is 3. The number of carbonyl (C=O) groups excluding carboxylic acids is 3. The highest BCUT2D eigenvalue weighted by Gasteiger charge is 2.38. The van der Waals surface area contributed by atoms with Gasteiger partial charge in [-0.3, -0.25) is 14.4 Å². The highest BCUT2D eigenvalue weighted by atomic mass is 35.5. The van der Waals surface area contributed by atoms with Crippen LogP contribution in [-0.4, -0.2) is 35.0 Å². The molecule has 4 N–H and O–H groups in total. The number of hydrogen-bond donors (Lipinski definition) is 4. The van der Waals surface area contributed by atoms with Gasteiger partial charge in [-0.25, -0.2) is 0 Å². The third kappa shape index (κ3) is 6.51. The molecule has 1 aliphatic heterocycles. The molecule has 0 spiro atoms. The van der Waals surface area contributed by atoms with Gasteiger partial charge in [0, 0.05) is 5.02 Å². The van der Waals surface area contributed by atoms with Crippen LogP contribution in [0.1, 0.15) is 43.5 Å². The Morgan fingerprint density at radius 2 is 1.66 bits per heavy atom. The molecule has 0 saturated heterocycles. The van der Waals surface area contributed by atoms with Crippen LogP contribution < -0.4 is 20.7 Å². The van der Waals surface area contributed by atoms with Gasteiger partial charge < -0.3 is 25.8 Å². The van der Waals surface area contributed by atoms with Crippen molar-refractivity contribution in [2.24, 2.45) is 5.92 Å². The van der Waals surface area contributed by atoms with Crippen LogP contribution in [0.2, 0.25) is 5.02 Å². The maximum Gasteiger partial charge on any atom is 0.251 e. The molecule has 0 aliphatic carbocycles. The largest absolute Gasteiger partial charge is 0.481 e. The molecule has 0 saturated carbocycles. The molecule has 38 heavy (non-hydrogen) atoms.